The first-order chi connectivity index (χ1) is 8.79. The zero-order chi connectivity index (χ0) is 12.8. The maximum absolute atomic E-state index is 5.82. The van der Waals surface area contributed by atoms with Crippen LogP contribution in [-0.2, 0) is 9.47 Å². The average Bonchev–Trinajstić information content (AvgIpc) is 2.41. The van der Waals surface area contributed by atoms with Gasteiger partial charge in [0, 0.05) is 17.4 Å². The van der Waals surface area contributed by atoms with Crippen molar-refractivity contribution in [3.8, 4) is 12.3 Å². The van der Waals surface area contributed by atoms with E-state index in [1.54, 1.807) is 0 Å². The van der Waals surface area contributed by atoms with Gasteiger partial charge in [-0.25, -0.2) is 0 Å². The summed E-state index contributed by atoms with van der Waals surface area (Å²) in [6.45, 7) is 5.01. The van der Waals surface area contributed by atoms with Crippen LogP contribution in [0.25, 0.3) is 0 Å². The van der Waals surface area contributed by atoms with Gasteiger partial charge in [-0.1, -0.05) is 36.4 Å². The highest BCUT2D eigenvalue weighted by Gasteiger charge is 2.35. The van der Waals surface area contributed by atoms with Crippen LogP contribution >= 0.6 is 0 Å². The van der Waals surface area contributed by atoms with Gasteiger partial charge >= 0.3 is 0 Å². The molecule has 1 aromatic carbocycles. The molecule has 0 N–H and O–H groups in total. The first-order valence-corrected chi connectivity index (χ1v) is 6.12. The molecule has 1 fully saturated rings. The molecule has 1 saturated heterocycles. The van der Waals surface area contributed by atoms with Crippen molar-refractivity contribution < 1.29 is 9.47 Å². The lowest BCUT2D eigenvalue weighted by atomic mass is 9.82. The molecule has 1 aliphatic heterocycles. The summed E-state index contributed by atoms with van der Waals surface area (Å²) in [7, 11) is 0. The smallest absolute Gasteiger partial charge is 0.183 e. The second kappa shape index (κ2) is 5.86. The minimum atomic E-state index is -0.276. The van der Waals surface area contributed by atoms with Crippen molar-refractivity contribution in [1.82, 2.24) is 0 Å². The molecule has 0 aliphatic carbocycles. The minimum Gasteiger partial charge on any atom is -0.348 e. The Morgan fingerprint density at radius 1 is 1.33 bits per heavy atom. The highest BCUT2D eigenvalue weighted by molar-refractivity contribution is 5.16. The molecular formula is C16H18O2. The summed E-state index contributed by atoms with van der Waals surface area (Å²) < 4.78 is 11.6. The van der Waals surface area contributed by atoms with Gasteiger partial charge < -0.3 is 9.47 Å². The average molecular weight is 242 g/mol. The van der Waals surface area contributed by atoms with Gasteiger partial charge in [0.2, 0.25) is 0 Å². The minimum absolute atomic E-state index is 0.109. The predicted molar refractivity (Wildman–Crippen MR) is 71.8 cm³/mol. The van der Waals surface area contributed by atoms with Crippen LogP contribution in [0.1, 0.15) is 24.7 Å². The standard InChI is InChI=1S/C16H18O2/c1-3-10-16(11-4-2)12-17-15(18-13-16)14-8-6-5-7-9-14/h1,4-9,15H,2,10-13H2. The molecule has 1 aliphatic rings. The summed E-state index contributed by atoms with van der Waals surface area (Å²) in [5, 5.41) is 0. The normalized spacial score (nSPS) is 27.4. The van der Waals surface area contributed by atoms with Crippen LogP contribution in [0, 0.1) is 17.8 Å². The Bertz CT molecular complexity index is 422. The molecule has 0 atom stereocenters. The molecule has 1 heterocycles. The van der Waals surface area contributed by atoms with E-state index in [9.17, 15) is 0 Å². The molecule has 0 bridgehead atoms. The molecule has 2 heteroatoms. The molecule has 94 valence electrons. The van der Waals surface area contributed by atoms with Gasteiger partial charge in [0.05, 0.1) is 13.2 Å². The highest BCUT2D eigenvalue weighted by atomic mass is 16.7. The van der Waals surface area contributed by atoms with Crippen LogP contribution in [0.4, 0.5) is 0 Å². The van der Waals surface area contributed by atoms with Gasteiger partial charge in [0.25, 0.3) is 0 Å². The molecular weight excluding hydrogens is 224 g/mol. The van der Waals surface area contributed by atoms with E-state index in [-0.39, 0.29) is 11.7 Å². The van der Waals surface area contributed by atoms with Gasteiger partial charge in [-0.15, -0.1) is 18.9 Å². The topological polar surface area (TPSA) is 18.5 Å². The lowest BCUT2D eigenvalue weighted by molar-refractivity contribution is -0.232. The summed E-state index contributed by atoms with van der Waals surface area (Å²) in [4.78, 5) is 0. The summed E-state index contributed by atoms with van der Waals surface area (Å²) in [5.74, 6) is 2.71. The van der Waals surface area contributed by atoms with Crippen molar-refractivity contribution in [3.05, 3.63) is 48.6 Å². The van der Waals surface area contributed by atoms with E-state index in [2.05, 4.69) is 12.5 Å². The fraction of sp³-hybridized carbons (Fsp3) is 0.375. The van der Waals surface area contributed by atoms with Crippen LogP contribution < -0.4 is 0 Å². The highest BCUT2D eigenvalue weighted by Crippen LogP contribution is 2.36. The zero-order valence-electron chi connectivity index (χ0n) is 10.5. The van der Waals surface area contributed by atoms with Crippen LogP contribution in [0.15, 0.2) is 43.0 Å². The van der Waals surface area contributed by atoms with E-state index in [1.165, 1.54) is 0 Å². The van der Waals surface area contributed by atoms with Gasteiger partial charge in [-0.05, 0) is 6.42 Å². The molecule has 0 unspecified atom stereocenters. The van der Waals surface area contributed by atoms with Crippen LogP contribution in [0.3, 0.4) is 0 Å². The predicted octanol–water partition coefficient (Wildman–Crippen LogP) is 3.32. The molecule has 0 spiro atoms. The fourth-order valence-electron chi connectivity index (χ4n) is 2.21. The monoisotopic (exact) mass is 242 g/mol. The number of hydrogen-bond donors (Lipinski definition) is 0. The van der Waals surface area contributed by atoms with E-state index in [0.717, 1.165) is 12.0 Å². The lowest BCUT2D eigenvalue weighted by Gasteiger charge is -2.38. The summed E-state index contributed by atoms with van der Waals surface area (Å²) >= 11 is 0. The van der Waals surface area contributed by atoms with E-state index in [4.69, 9.17) is 15.9 Å². The second-order valence-electron chi connectivity index (χ2n) is 4.74. The molecule has 0 radical (unpaired) electrons. The third kappa shape index (κ3) is 2.81. The summed E-state index contributed by atoms with van der Waals surface area (Å²) in [5.41, 5.74) is 0.937. The SMILES string of the molecule is C#CCC1(CC=C)COC(c2ccccc2)OC1. The first-order valence-electron chi connectivity index (χ1n) is 6.12. The Kier molecular flexibility index (Phi) is 4.19. The lowest BCUT2D eigenvalue weighted by Crippen LogP contribution is -2.38. The number of allylic oxidation sites excluding steroid dienone is 1. The number of rotatable bonds is 4. The third-order valence-corrected chi connectivity index (χ3v) is 3.21. The summed E-state index contributed by atoms with van der Waals surface area (Å²) in [6, 6.07) is 9.95. The quantitative estimate of drug-likeness (QED) is 0.595. The van der Waals surface area contributed by atoms with Gasteiger partial charge in [0.1, 0.15) is 0 Å². The number of benzene rings is 1. The first kappa shape index (κ1) is 12.9. The van der Waals surface area contributed by atoms with Crippen LogP contribution in [-0.4, -0.2) is 13.2 Å². The molecule has 2 rings (SSSR count). The summed E-state index contributed by atoms with van der Waals surface area (Å²) in [6.07, 6.45) is 8.50. The molecule has 0 amide bonds. The van der Waals surface area contributed by atoms with Crippen molar-refractivity contribution in [2.45, 2.75) is 19.1 Å². The fourth-order valence-corrected chi connectivity index (χ4v) is 2.21. The zero-order valence-corrected chi connectivity index (χ0v) is 10.5. The Hall–Kier alpha value is -1.56. The Labute approximate surface area is 109 Å². The molecule has 18 heavy (non-hydrogen) atoms. The molecule has 1 aromatic rings. The van der Waals surface area contributed by atoms with Crippen molar-refractivity contribution >= 4 is 0 Å². The van der Waals surface area contributed by atoms with Gasteiger partial charge in [-0.3, -0.25) is 0 Å². The van der Waals surface area contributed by atoms with E-state index >= 15 is 0 Å². The molecule has 2 nitrogen and oxygen atoms in total. The molecule has 0 aromatic heterocycles. The molecule has 0 saturated carbocycles. The van der Waals surface area contributed by atoms with E-state index in [1.807, 2.05) is 36.4 Å². The maximum atomic E-state index is 5.82. The maximum Gasteiger partial charge on any atom is 0.183 e. The van der Waals surface area contributed by atoms with E-state index < -0.39 is 0 Å². The van der Waals surface area contributed by atoms with Crippen molar-refractivity contribution in [1.29, 1.82) is 0 Å². The largest absolute Gasteiger partial charge is 0.348 e. The Morgan fingerprint density at radius 3 is 2.56 bits per heavy atom. The number of ether oxygens (including phenoxy) is 2. The Morgan fingerprint density at radius 2 is 2.00 bits per heavy atom. The second-order valence-corrected chi connectivity index (χ2v) is 4.74. The number of hydrogen-bond acceptors (Lipinski definition) is 2. The van der Waals surface area contributed by atoms with Gasteiger partial charge in [-0.2, -0.15) is 0 Å². The van der Waals surface area contributed by atoms with Crippen LogP contribution in [0.2, 0.25) is 0 Å². The third-order valence-electron chi connectivity index (χ3n) is 3.21. The van der Waals surface area contributed by atoms with Gasteiger partial charge in [0.15, 0.2) is 6.29 Å². The van der Waals surface area contributed by atoms with E-state index in [0.29, 0.717) is 19.6 Å². The number of terminal acetylenes is 1. The van der Waals surface area contributed by atoms with Crippen LogP contribution in [0.5, 0.6) is 0 Å². The van der Waals surface area contributed by atoms with Crippen molar-refractivity contribution in [3.63, 3.8) is 0 Å². The van der Waals surface area contributed by atoms with Crippen molar-refractivity contribution in [2.75, 3.05) is 13.2 Å². The van der Waals surface area contributed by atoms with Crippen molar-refractivity contribution in [2.24, 2.45) is 5.41 Å². The Balaban J connectivity index is 2.02.